The summed E-state index contributed by atoms with van der Waals surface area (Å²) in [5.41, 5.74) is 3.59. The van der Waals surface area contributed by atoms with E-state index in [0.717, 1.165) is 28.6 Å². The number of hydrogen-bond acceptors (Lipinski definition) is 5. The molecular formula is C29H28N4O3. The number of pyridine rings is 2. The summed E-state index contributed by atoms with van der Waals surface area (Å²) in [6.45, 7) is 2.45. The van der Waals surface area contributed by atoms with Crippen molar-refractivity contribution in [1.82, 2.24) is 14.5 Å². The number of para-hydroxylation sites is 2. The second-order valence-electron chi connectivity index (χ2n) is 9.68. The van der Waals surface area contributed by atoms with Crippen LogP contribution in [0.4, 0.5) is 5.69 Å². The number of amides is 1. The number of carbonyl (C=O) groups excluding carboxylic acids is 1. The maximum Gasteiger partial charge on any atom is 0.274 e. The lowest BCUT2D eigenvalue weighted by atomic mass is 9.83. The van der Waals surface area contributed by atoms with Gasteiger partial charge in [0.05, 0.1) is 5.52 Å². The van der Waals surface area contributed by atoms with Gasteiger partial charge in [0.1, 0.15) is 11.4 Å². The molecule has 4 heterocycles. The number of fused-ring (bicyclic) bond motifs is 5. The van der Waals surface area contributed by atoms with Crippen molar-refractivity contribution >= 4 is 22.5 Å². The van der Waals surface area contributed by atoms with Crippen molar-refractivity contribution in [2.75, 3.05) is 25.0 Å². The first kappa shape index (κ1) is 22.3. The Morgan fingerprint density at radius 2 is 1.83 bits per heavy atom. The number of piperidine rings is 1. The van der Waals surface area contributed by atoms with Gasteiger partial charge in [-0.15, -0.1) is 0 Å². The van der Waals surface area contributed by atoms with Crippen LogP contribution in [0, 0.1) is 5.92 Å². The fraction of sp³-hybridized carbons (Fsp3) is 0.276. The Labute approximate surface area is 209 Å². The summed E-state index contributed by atoms with van der Waals surface area (Å²) in [6.07, 6.45) is 2.85. The number of hydrogen-bond donors (Lipinski definition) is 1. The standard InChI is InChI=1S/C29H28N4O3/c34-28(19-36-24-7-2-1-3-8-24)32-16-21-13-23(18-32)27-11-10-26(29(35)33(27)17-21)31-15-20-12-22-6-4-5-9-25(22)30-14-20/h1-12,14,21,23,31H,13,15-19H2/t21-,23+/m0/s1. The smallest absolute Gasteiger partial charge is 0.274 e. The minimum Gasteiger partial charge on any atom is -0.484 e. The van der Waals surface area contributed by atoms with Gasteiger partial charge in [0, 0.05) is 49.4 Å². The molecule has 0 radical (unpaired) electrons. The summed E-state index contributed by atoms with van der Waals surface area (Å²) in [7, 11) is 0. The predicted octanol–water partition coefficient (Wildman–Crippen LogP) is 4.03. The minimum atomic E-state index is -0.00775. The molecule has 0 saturated carbocycles. The second-order valence-corrected chi connectivity index (χ2v) is 9.68. The van der Waals surface area contributed by atoms with E-state index in [9.17, 15) is 9.59 Å². The maximum atomic E-state index is 13.3. The number of likely N-dealkylation sites (tertiary alicyclic amines) is 1. The average molecular weight is 481 g/mol. The van der Waals surface area contributed by atoms with Crippen LogP contribution in [-0.4, -0.2) is 40.1 Å². The van der Waals surface area contributed by atoms with Crippen LogP contribution in [0.5, 0.6) is 5.75 Å². The lowest BCUT2D eigenvalue weighted by Crippen LogP contribution is -2.50. The molecule has 0 spiro atoms. The van der Waals surface area contributed by atoms with Crippen LogP contribution in [0.15, 0.2) is 83.8 Å². The van der Waals surface area contributed by atoms with E-state index in [1.807, 2.05) is 82.4 Å². The van der Waals surface area contributed by atoms with Crippen LogP contribution in [0.2, 0.25) is 0 Å². The zero-order chi connectivity index (χ0) is 24.5. The van der Waals surface area contributed by atoms with Crippen LogP contribution < -0.4 is 15.6 Å². The Hall–Kier alpha value is -4.13. The monoisotopic (exact) mass is 480 g/mol. The lowest BCUT2D eigenvalue weighted by Gasteiger charge is -2.42. The Morgan fingerprint density at radius 3 is 2.72 bits per heavy atom. The molecule has 0 unspecified atom stereocenters. The molecule has 1 N–H and O–H groups in total. The fourth-order valence-electron chi connectivity index (χ4n) is 5.45. The van der Waals surface area contributed by atoms with E-state index in [0.29, 0.717) is 37.6 Å². The minimum absolute atomic E-state index is 0.00290. The van der Waals surface area contributed by atoms with Crippen molar-refractivity contribution in [3.05, 3.63) is 101 Å². The van der Waals surface area contributed by atoms with Crippen LogP contribution in [-0.2, 0) is 17.9 Å². The third-order valence-electron chi connectivity index (χ3n) is 7.19. The van der Waals surface area contributed by atoms with Gasteiger partial charge in [-0.2, -0.15) is 0 Å². The van der Waals surface area contributed by atoms with Gasteiger partial charge in [-0.25, -0.2) is 0 Å². The van der Waals surface area contributed by atoms with Crippen molar-refractivity contribution in [1.29, 1.82) is 0 Å². The number of aromatic nitrogens is 2. The fourth-order valence-corrected chi connectivity index (χ4v) is 5.45. The molecule has 36 heavy (non-hydrogen) atoms. The van der Waals surface area contributed by atoms with E-state index in [1.165, 1.54) is 0 Å². The topological polar surface area (TPSA) is 76.5 Å². The molecule has 7 heteroatoms. The maximum absolute atomic E-state index is 13.3. The van der Waals surface area contributed by atoms with Gasteiger partial charge in [0.2, 0.25) is 0 Å². The largest absolute Gasteiger partial charge is 0.484 e. The number of benzene rings is 2. The van der Waals surface area contributed by atoms with Crippen LogP contribution in [0.25, 0.3) is 10.9 Å². The van der Waals surface area contributed by atoms with Crippen molar-refractivity contribution in [2.24, 2.45) is 5.92 Å². The van der Waals surface area contributed by atoms with E-state index in [-0.39, 0.29) is 29.9 Å². The summed E-state index contributed by atoms with van der Waals surface area (Å²) < 4.78 is 7.58. The molecular weight excluding hydrogens is 452 g/mol. The van der Waals surface area contributed by atoms with Gasteiger partial charge in [-0.05, 0) is 54.3 Å². The highest BCUT2D eigenvalue weighted by atomic mass is 16.5. The molecule has 0 aliphatic carbocycles. The first-order valence-electron chi connectivity index (χ1n) is 12.4. The molecule has 4 aromatic rings. The summed E-state index contributed by atoms with van der Waals surface area (Å²) in [5.74, 6) is 1.10. The van der Waals surface area contributed by atoms with Gasteiger partial charge in [0.15, 0.2) is 6.61 Å². The van der Waals surface area contributed by atoms with Gasteiger partial charge in [0.25, 0.3) is 11.5 Å². The summed E-state index contributed by atoms with van der Waals surface area (Å²) in [5, 5.41) is 4.40. The van der Waals surface area contributed by atoms with Crippen molar-refractivity contribution in [2.45, 2.75) is 25.4 Å². The van der Waals surface area contributed by atoms with E-state index in [2.05, 4.69) is 16.4 Å². The van der Waals surface area contributed by atoms with Gasteiger partial charge in [-0.3, -0.25) is 14.6 Å². The van der Waals surface area contributed by atoms with Gasteiger partial charge >= 0.3 is 0 Å². The molecule has 6 rings (SSSR count). The van der Waals surface area contributed by atoms with Crippen molar-refractivity contribution in [3.63, 3.8) is 0 Å². The molecule has 1 fully saturated rings. The Bertz CT molecular complexity index is 1470. The van der Waals surface area contributed by atoms with Gasteiger partial charge in [-0.1, -0.05) is 36.4 Å². The SMILES string of the molecule is O=C(COc1ccccc1)N1C[C@@H]2C[C@H](C1)c1ccc(NCc3cnc4ccccc4c3)c(=O)n1C2. The number of anilines is 1. The van der Waals surface area contributed by atoms with Crippen LogP contribution in [0.1, 0.15) is 23.6 Å². The zero-order valence-electron chi connectivity index (χ0n) is 20.0. The summed E-state index contributed by atoms with van der Waals surface area (Å²) >= 11 is 0. The highest BCUT2D eigenvalue weighted by Gasteiger charge is 2.36. The zero-order valence-corrected chi connectivity index (χ0v) is 20.0. The molecule has 2 aromatic heterocycles. The first-order valence-corrected chi connectivity index (χ1v) is 12.4. The molecule has 182 valence electrons. The molecule has 7 nitrogen and oxygen atoms in total. The number of nitrogens with one attached hydrogen (secondary N) is 1. The van der Waals surface area contributed by atoms with Crippen LogP contribution >= 0.6 is 0 Å². The quantitative estimate of drug-likeness (QED) is 0.451. The van der Waals surface area contributed by atoms with E-state index < -0.39 is 0 Å². The third-order valence-corrected chi connectivity index (χ3v) is 7.19. The summed E-state index contributed by atoms with van der Waals surface area (Å²) in [6, 6.07) is 23.4. The van der Waals surface area contributed by atoms with Crippen LogP contribution in [0.3, 0.4) is 0 Å². The number of ether oxygens (including phenoxy) is 1. The predicted molar refractivity (Wildman–Crippen MR) is 139 cm³/mol. The van der Waals surface area contributed by atoms with E-state index >= 15 is 0 Å². The molecule has 2 bridgehead atoms. The van der Waals surface area contributed by atoms with E-state index in [1.54, 1.807) is 0 Å². The Kier molecular flexibility index (Phi) is 5.89. The molecule has 2 atom stereocenters. The second kappa shape index (κ2) is 9.49. The molecule has 1 saturated heterocycles. The lowest BCUT2D eigenvalue weighted by molar-refractivity contribution is -0.136. The highest BCUT2D eigenvalue weighted by Crippen LogP contribution is 2.35. The Morgan fingerprint density at radius 1 is 1.00 bits per heavy atom. The van der Waals surface area contributed by atoms with E-state index in [4.69, 9.17) is 4.74 Å². The van der Waals surface area contributed by atoms with Crippen molar-refractivity contribution in [3.8, 4) is 5.75 Å². The highest BCUT2D eigenvalue weighted by molar-refractivity contribution is 5.79. The number of nitrogens with zero attached hydrogens (tertiary/aromatic N) is 3. The molecule has 2 aliphatic rings. The Balaban J connectivity index is 1.14. The molecule has 1 amide bonds. The molecule has 2 aliphatic heterocycles. The molecule has 2 aromatic carbocycles. The van der Waals surface area contributed by atoms with Crippen molar-refractivity contribution < 1.29 is 9.53 Å². The van der Waals surface area contributed by atoms with Gasteiger partial charge < -0.3 is 19.5 Å². The number of carbonyl (C=O) groups is 1. The number of rotatable bonds is 6. The average Bonchev–Trinajstić information content (AvgIpc) is 2.92. The summed E-state index contributed by atoms with van der Waals surface area (Å²) in [4.78, 5) is 32.6. The third kappa shape index (κ3) is 4.44. The first-order chi connectivity index (χ1) is 17.6. The normalized spacial score (nSPS) is 18.5.